The Labute approximate surface area is 139 Å². The zero-order chi connectivity index (χ0) is 16.7. The standard InChI is InChI=1S/C20H27NO2/c1-15(2)14-23-20-8-6-5-7-19(20)21-9-10-22-18-12-16(3)11-17(4)13-18/h5-8,11-13,15,21H,9-10,14H2,1-4H3. The summed E-state index contributed by atoms with van der Waals surface area (Å²) < 4.78 is 11.7. The van der Waals surface area contributed by atoms with Crippen LogP contribution in [-0.4, -0.2) is 19.8 Å². The molecule has 0 radical (unpaired) electrons. The molecule has 3 heteroatoms. The van der Waals surface area contributed by atoms with Crippen LogP contribution < -0.4 is 14.8 Å². The van der Waals surface area contributed by atoms with Gasteiger partial charge in [0, 0.05) is 6.54 Å². The third-order valence-electron chi connectivity index (χ3n) is 3.34. The summed E-state index contributed by atoms with van der Waals surface area (Å²) in [6.45, 7) is 10.5. The molecular formula is C20H27NO2. The van der Waals surface area contributed by atoms with Crippen molar-refractivity contribution in [1.82, 2.24) is 0 Å². The quantitative estimate of drug-likeness (QED) is 0.708. The maximum absolute atomic E-state index is 5.84. The molecule has 0 amide bonds. The lowest BCUT2D eigenvalue weighted by molar-refractivity contribution is 0.272. The van der Waals surface area contributed by atoms with Crippen LogP contribution in [0.5, 0.6) is 11.5 Å². The molecular weight excluding hydrogens is 286 g/mol. The van der Waals surface area contributed by atoms with Gasteiger partial charge in [0.1, 0.15) is 18.1 Å². The van der Waals surface area contributed by atoms with Crippen LogP contribution in [0.3, 0.4) is 0 Å². The molecule has 0 saturated carbocycles. The zero-order valence-electron chi connectivity index (χ0n) is 14.6. The predicted octanol–water partition coefficient (Wildman–Crippen LogP) is 4.83. The zero-order valence-corrected chi connectivity index (χ0v) is 14.6. The van der Waals surface area contributed by atoms with Gasteiger partial charge in [-0.1, -0.05) is 32.0 Å². The van der Waals surface area contributed by atoms with Gasteiger partial charge in [-0.15, -0.1) is 0 Å². The van der Waals surface area contributed by atoms with Gasteiger partial charge >= 0.3 is 0 Å². The molecule has 0 spiro atoms. The SMILES string of the molecule is Cc1cc(C)cc(OCCNc2ccccc2OCC(C)C)c1. The smallest absolute Gasteiger partial charge is 0.142 e. The number of anilines is 1. The van der Waals surface area contributed by atoms with Crippen LogP contribution in [0.4, 0.5) is 5.69 Å². The van der Waals surface area contributed by atoms with Gasteiger partial charge in [-0.2, -0.15) is 0 Å². The van der Waals surface area contributed by atoms with E-state index >= 15 is 0 Å². The number of nitrogens with one attached hydrogen (secondary N) is 1. The Bertz CT molecular complexity index is 603. The number of rotatable bonds is 8. The molecule has 0 heterocycles. The summed E-state index contributed by atoms with van der Waals surface area (Å²) in [5, 5.41) is 3.39. The summed E-state index contributed by atoms with van der Waals surface area (Å²) in [7, 11) is 0. The Morgan fingerprint density at radius 1 is 0.957 bits per heavy atom. The molecule has 1 N–H and O–H groups in total. The number of hydrogen-bond acceptors (Lipinski definition) is 3. The maximum Gasteiger partial charge on any atom is 0.142 e. The fourth-order valence-electron chi connectivity index (χ4n) is 2.37. The molecule has 23 heavy (non-hydrogen) atoms. The van der Waals surface area contributed by atoms with E-state index in [2.05, 4.69) is 51.2 Å². The van der Waals surface area contributed by atoms with Crippen molar-refractivity contribution in [1.29, 1.82) is 0 Å². The van der Waals surface area contributed by atoms with Crippen molar-refractivity contribution >= 4 is 5.69 Å². The van der Waals surface area contributed by atoms with Crippen LogP contribution in [0.2, 0.25) is 0 Å². The summed E-state index contributed by atoms with van der Waals surface area (Å²) in [6.07, 6.45) is 0. The average Bonchev–Trinajstić information content (AvgIpc) is 2.49. The van der Waals surface area contributed by atoms with E-state index in [0.717, 1.165) is 30.3 Å². The first kappa shape index (κ1) is 17.2. The summed E-state index contributed by atoms with van der Waals surface area (Å²) in [5.41, 5.74) is 3.46. The fourth-order valence-corrected chi connectivity index (χ4v) is 2.37. The lowest BCUT2D eigenvalue weighted by Gasteiger charge is -2.15. The van der Waals surface area contributed by atoms with E-state index in [-0.39, 0.29) is 0 Å². The van der Waals surface area contributed by atoms with E-state index in [0.29, 0.717) is 12.5 Å². The van der Waals surface area contributed by atoms with E-state index in [1.54, 1.807) is 0 Å². The molecule has 0 atom stereocenters. The second-order valence-electron chi connectivity index (χ2n) is 6.30. The van der Waals surface area contributed by atoms with Crippen molar-refractivity contribution in [3.63, 3.8) is 0 Å². The van der Waals surface area contributed by atoms with Crippen LogP contribution >= 0.6 is 0 Å². The normalized spacial score (nSPS) is 10.7. The minimum Gasteiger partial charge on any atom is -0.492 e. The fraction of sp³-hybridized carbons (Fsp3) is 0.400. The van der Waals surface area contributed by atoms with Crippen LogP contribution in [0.15, 0.2) is 42.5 Å². The van der Waals surface area contributed by atoms with Crippen LogP contribution in [0.1, 0.15) is 25.0 Å². The molecule has 124 valence electrons. The van der Waals surface area contributed by atoms with Crippen molar-refractivity contribution in [2.24, 2.45) is 5.92 Å². The third kappa shape index (κ3) is 5.85. The van der Waals surface area contributed by atoms with E-state index in [4.69, 9.17) is 9.47 Å². The number of ether oxygens (including phenoxy) is 2. The first-order chi connectivity index (χ1) is 11.0. The molecule has 0 aliphatic carbocycles. The molecule has 3 nitrogen and oxygen atoms in total. The van der Waals surface area contributed by atoms with E-state index < -0.39 is 0 Å². The van der Waals surface area contributed by atoms with Crippen molar-refractivity contribution in [2.75, 3.05) is 25.1 Å². The van der Waals surface area contributed by atoms with Crippen molar-refractivity contribution in [2.45, 2.75) is 27.7 Å². The van der Waals surface area contributed by atoms with Crippen LogP contribution in [0, 0.1) is 19.8 Å². The largest absolute Gasteiger partial charge is 0.492 e. The number of hydrogen-bond donors (Lipinski definition) is 1. The predicted molar refractivity (Wildman–Crippen MR) is 96.7 cm³/mol. The summed E-state index contributed by atoms with van der Waals surface area (Å²) in [6, 6.07) is 14.3. The molecule has 2 aromatic rings. The van der Waals surface area contributed by atoms with Gasteiger partial charge in [0.2, 0.25) is 0 Å². The highest BCUT2D eigenvalue weighted by Gasteiger charge is 2.04. The Morgan fingerprint density at radius 2 is 1.65 bits per heavy atom. The topological polar surface area (TPSA) is 30.5 Å². The average molecular weight is 313 g/mol. The number of benzene rings is 2. The highest BCUT2D eigenvalue weighted by molar-refractivity contribution is 5.56. The minimum absolute atomic E-state index is 0.510. The van der Waals surface area contributed by atoms with Crippen LogP contribution in [0.25, 0.3) is 0 Å². The van der Waals surface area contributed by atoms with E-state index in [9.17, 15) is 0 Å². The van der Waals surface area contributed by atoms with Crippen molar-refractivity contribution in [3.05, 3.63) is 53.6 Å². The maximum atomic E-state index is 5.84. The lowest BCUT2D eigenvalue weighted by Crippen LogP contribution is -2.13. The van der Waals surface area contributed by atoms with Gasteiger partial charge in [-0.3, -0.25) is 0 Å². The molecule has 0 unspecified atom stereocenters. The van der Waals surface area contributed by atoms with Crippen LogP contribution in [-0.2, 0) is 0 Å². The first-order valence-corrected chi connectivity index (χ1v) is 8.21. The second-order valence-corrected chi connectivity index (χ2v) is 6.30. The molecule has 2 aromatic carbocycles. The first-order valence-electron chi connectivity index (χ1n) is 8.21. The second kappa shape index (κ2) is 8.47. The van der Waals surface area contributed by atoms with Gasteiger partial charge < -0.3 is 14.8 Å². The summed E-state index contributed by atoms with van der Waals surface area (Å²) in [5.74, 6) is 2.33. The van der Waals surface area contributed by atoms with Gasteiger partial charge in [0.05, 0.1) is 12.3 Å². The molecule has 0 aliphatic rings. The monoisotopic (exact) mass is 313 g/mol. The van der Waals surface area contributed by atoms with Crippen molar-refractivity contribution < 1.29 is 9.47 Å². The Balaban J connectivity index is 1.84. The Morgan fingerprint density at radius 3 is 2.35 bits per heavy atom. The van der Waals surface area contributed by atoms with Gasteiger partial charge in [0.15, 0.2) is 0 Å². The summed E-state index contributed by atoms with van der Waals surface area (Å²) in [4.78, 5) is 0. The van der Waals surface area contributed by atoms with E-state index in [1.807, 2.05) is 24.3 Å². The third-order valence-corrected chi connectivity index (χ3v) is 3.34. The molecule has 0 saturated heterocycles. The van der Waals surface area contributed by atoms with Gasteiger partial charge in [0.25, 0.3) is 0 Å². The molecule has 2 rings (SSSR count). The minimum atomic E-state index is 0.510. The summed E-state index contributed by atoms with van der Waals surface area (Å²) >= 11 is 0. The molecule has 0 fully saturated rings. The Kier molecular flexibility index (Phi) is 6.33. The molecule has 0 bridgehead atoms. The lowest BCUT2D eigenvalue weighted by atomic mass is 10.1. The van der Waals surface area contributed by atoms with E-state index in [1.165, 1.54) is 11.1 Å². The van der Waals surface area contributed by atoms with Crippen molar-refractivity contribution in [3.8, 4) is 11.5 Å². The number of aryl methyl sites for hydroxylation is 2. The van der Waals surface area contributed by atoms with Gasteiger partial charge in [-0.05, 0) is 55.2 Å². The number of para-hydroxylation sites is 2. The molecule has 0 aromatic heterocycles. The van der Waals surface area contributed by atoms with Gasteiger partial charge in [-0.25, -0.2) is 0 Å². The highest BCUT2D eigenvalue weighted by atomic mass is 16.5. The Hall–Kier alpha value is -2.16. The highest BCUT2D eigenvalue weighted by Crippen LogP contribution is 2.24. The molecule has 0 aliphatic heterocycles.